The smallest absolute Gasteiger partial charge is 0.341 e. The van der Waals surface area contributed by atoms with E-state index < -0.39 is 24.5 Å². The average Bonchev–Trinajstić information content (AvgIpc) is 3.41. The van der Waals surface area contributed by atoms with Crippen molar-refractivity contribution in [2.75, 3.05) is 18.5 Å². The van der Waals surface area contributed by atoms with Crippen molar-refractivity contribution in [1.82, 2.24) is 4.98 Å². The Morgan fingerprint density at radius 2 is 1.70 bits per heavy atom. The number of fused-ring (bicyclic) bond motifs is 2. The van der Waals surface area contributed by atoms with E-state index in [0.29, 0.717) is 26.7 Å². The lowest BCUT2D eigenvalue weighted by Crippen LogP contribution is -2.22. The van der Waals surface area contributed by atoms with Gasteiger partial charge < -0.3 is 14.8 Å². The monoisotopic (exact) mass is 534 g/mol. The van der Waals surface area contributed by atoms with Crippen molar-refractivity contribution in [3.05, 3.63) is 70.1 Å². The highest BCUT2D eigenvalue weighted by molar-refractivity contribution is 7.21. The van der Waals surface area contributed by atoms with Crippen molar-refractivity contribution in [1.29, 1.82) is 0 Å². The number of amides is 1. The lowest BCUT2D eigenvalue weighted by molar-refractivity contribution is -0.119. The summed E-state index contributed by atoms with van der Waals surface area (Å²) in [7, 11) is 0. The van der Waals surface area contributed by atoms with Gasteiger partial charge in [0.25, 0.3) is 5.91 Å². The maximum absolute atomic E-state index is 13.0. The zero-order chi connectivity index (χ0) is 25.8. The fourth-order valence-corrected chi connectivity index (χ4v) is 6.76. The lowest BCUT2D eigenvalue weighted by Gasteiger charge is -2.10. The summed E-state index contributed by atoms with van der Waals surface area (Å²) in [5, 5.41) is 3.95. The predicted octanol–water partition coefficient (Wildman–Crippen LogP) is 6.27. The van der Waals surface area contributed by atoms with Crippen LogP contribution in [0.4, 0.5) is 5.00 Å². The van der Waals surface area contributed by atoms with E-state index in [4.69, 9.17) is 9.47 Å². The third-order valence-corrected chi connectivity index (χ3v) is 8.44. The molecule has 2 heterocycles. The molecule has 190 valence electrons. The summed E-state index contributed by atoms with van der Waals surface area (Å²) in [5.41, 5.74) is 3.25. The number of carbonyl (C=O) groups excluding carboxylic acids is 3. The first-order chi connectivity index (χ1) is 18.0. The van der Waals surface area contributed by atoms with Gasteiger partial charge in [-0.3, -0.25) is 4.79 Å². The average molecular weight is 535 g/mol. The summed E-state index contributed by atoms with van der Waals surface area (Å²) < 4.78 is 11.7. The zero-order valence-corrected chi connectivity index (χ0v) is 22.0. The minimum absolute atomic E-state index is 0.253. The Morgan fingerprint density at radius 3 is 2.54 bits per heavy atom. The van der Waals surface area contributed by atoms with Crippen molar-refractivity contribution >= 4 is 55.7 Å². The first-order valence-electron chi connectivity index (χ1n) is 12.3. The fraction of sp³-hybridized carbons (Fsp3) is 0.286. The second-order valence-electron chi connectivity index (χ2n) is 8.65. The van der Waals surface area contributed by atoms with Crippen LogP contribution in [0, 0.1) is 0 Å². The van der Waals surface area contributed by atoms with Gasteiger partial charge in [-0.05, 0) is 56.4 Å². The van der Waals surface area contributed by atoms with Crippen molar-refractivity contribution < 1.29 is 23.9 Å². The Labute approximate surface area is 222 Å². The minimum Gasteiger partial charge on any atom is -0.462 e. The molecule has 0 bridgehead atoms. The molecule has 2 aromatic heterocycles. The van der Waals surface area contributed by atoms with E-state index in [0.717, 1.165) is 52.8 Å². The number of carbonyl (C=O) groups is 3. The van der Waals surface area contributed by atoms with E-state index in [-0.39, 0.29) is 6.61 Å². The molecule has 5 rings (SSSR count). The van der Waals surface area contributed by atoms with Crippen molar-refractivity contribution in [2.24, 2.45) is 0 Å². The number of aryl methyl sites for hydroxylation is 1. The summed E-state index contributed by atoms with van der Waals surface area (Å²) in [6.45, 7) is 1.53. The molecule has 4 aromatic rings. The van der Waals surface area contributed by atoms with Crippen LogP contribution in [-0.4, -0.2) is 36.0 Å². The number of thiazole rings is 1. The second-order valence-corrected chi connectivity index (χ2v) is 10.8. The molecule has 0 saturated heterocycles. The molecule has 0 atom stereocenters. The van der Waals surface area contributed by atoms with Crippen LogP contribution in [0.15, 0.2) is 48.5 Å². The molecule has 0 spiro atoms. The van der Waals surface area contributed by atoms with Gasteiger partial charge in [-0.15, -0.1) is 22.7 Å². The third-order valence-electron chi connectivity index (χ3n) is 6.16. The molecule has 1 aliphatic carbocycles. The van der Waals surface area contributed by atoms with E-state index >= 15 is 0 Å². The van der Waals surface area contributed by atoms with Crippen LogP contribution in [0.5, 0.6) is 0 Å². The summed E-state index contributed by atoms with van der Waals surface area (Å²) in [6, 6.07) is 14.8. The van der Waals surface area contributed by atoms with Crippen molar-refractivity contribution in [2.45, 2.75) is 39.0 Å². The van der Waals surface area contributed by atoms with Crippen LogP contribution in [0.3, 0.4) is 0 Å². The Bertz CT molecular complexity index is 1440. The van der Waals surface area contributed by atoms with Gasteiger partial charge in [0.15, 0.2) is 6.61 Å². The van der Waals surface area contributed by atoms with E-state index in [2.05, 4.69) is 10.3 Å². The summed E-state index contributed by atoms with van der Waals surface area (Å²) in [4.78, 5) is 44.2. The second kappa shape index (κ2) is 11.2. The maximum Gasteiger partial charge on any atom is 0.341 e. The van der Waals surface area contributed by atoms with Crippen LogP contribution in [0.2, 0.25) is 0 Å². The first-order valence-corrected chi connectivity index (χ1v) is 13.9. The highest BCUT2D eigenvalue weighted by Crippen LogP contribution is 2.38. The number of benzene rings is 2. The Morgan fingerprint density at radius 1 is 0.919 bits per heavy atom. The zero-order valence-electron chi connectivity index (χ0n) is 20.4. The molecule has 0 aliphatic heterocycles. The van der Waals surface area contributed by atoms with E-state index in [1.807, 2.05) is 36.4 Å². The predicted molar refractivity (Wildman–Crippen MR) is 146 cm³/mol. The highest BCUT2D eigenvalue weighted by atomic mass is 32.1. The standard InChI is InChI=1S/C28H26N2O5S2/c1-2-34-28(33)24-19-12-4-3-5-14-21(19)36-26(24)30-23(31)16-35-27(32)18-11-7-6-10-17(18)25-29-20-13-8-9-15-22(20)37-25/h6-11,13,15H,2-5,12,14,16H2,1H3,(H,30,31). The minimum atomic E-state index is -0.613. The number of hydrogen-bond acceptors (Lipinski definition) is 8. The number of thiophene rings is 1. The van der Waals surface area contributed by atoms with Crippen LogP contribution < -0.4 is 5.32 Å². The molecule has 1 N–H and O–H groups in total. The number of ether oxygens (including phenoxy) is 2. The number of aromatic nitrogens is 1. The Balaban J connectivity index is 1.31. The van der Waals surface area contributed by atoms with Gasteiger partial charge in [-0.2, -0.15) is 0 Å². The SMILES string of the molecule is CCOC(=O)c1c(NC(=O)COC(=O)c2ccccc2-c2nc3ccccc3s2)sc2c1CCCCC2. The largest absolute Gasteiger partial charge is 0.462 e. The third kappa shape index (κ3) is 5.42. The molecule has 2 aromatic carbocycles. The number of hydrogen-bond donors (Lipinski definition) is 1. The molecular weight excluding hydrogens is 508 g/mol. The van der Waals surface area contributed by atoms with Gasteiger partial charge in [0.2, 0.25) is 0 Å². The number of nitrogens with zero attached hydrogens (tertiary/aromatic N) is 1. The highest BCUT2D eigenvalue weighted by Gasteiger charge is 2.27. The number of para-hydroxylation sites is 1. The van der Waals surface area contributed by atoms with E-state index in [9.17, 15) is 14.4 Å². The number of rotatable bonds is 7. The molecular formula is C28H26N2O5S2. The van der Waals surface area contributed by atoms with Gasteiger partial charge in [-0.1, -0.05) is 36.8 Å². The van der Waals surface area contributed by atoms with Crippen molar-refractivity contribution in [3.8, 4) is 10.6 Å². The molecule has 1 aliphatic rings. The number of nitrogens with one attached hydrogen (secondary N) is 1. The summed E-state index contributed by atoms with van der Waals surface area (Å²) >= 11 is 2.90. The molecule has 7 nitrogen and oxygen atoms in total. The molecule has 0 unspecified atom stereocenters. The number of esters is 2. The Hall–Kier alpha value is -3.56. The molecule has 1 amide bonds. The van der Waals surface area contributed by atoms with Crippen LogP contribution in [0.25, 0.3) is 20.8 Å². The molecule has 0 radical (unpaired) electrons. The first kappa shape index (κ1) is 25.1. The normalized spacial score (nSPS) is 13.0. The fourth-order valence-electron chi connectivity index (χ4n) is 4.46. The quantitative estimate of drug-likeness (QED) is 0.222. The van der Waals surface area contributed by atoms with Crippen molar-refractivity contribution in [3.63, 3.8) is 0 Å². The molecule has 37 heavy (non-hydrogen) atoms. The van der Waals surface area contributed by atoms with Crippen LogP contribution >= 0.6 is 22.7 Å². The molecule has 9 heteroatoms. The number of anilines is 1. The maximum atomic E-state index is 13.0. The topological polar surface area (TPSA) is 94.6 Å². The van der Waals surface area contributed by atoms with E-state index in [1.165, 1.54) is 22.7 Å². The van der Waals surface area contributed by atoms with E-state index in [1.54, 1.807) is 19.1 Å². The van der Waals surface area contributed by atoms with Gasteiger partial charge in [-0.25, -0.2) is 14.6 Å². The summed E-state index contributed by atoms with van der Waals surface area (Å²) in [5.74, 6) is -1.55. The van der Waals surface area contributed by atoms with Gasteiger partial charge >= 0.3 is 11.9 Å². The summed E-state index contributed by atoms with van der Waals surface area (Å²) in [6.07, 6.45) is 4.82. The van der Waals surface area contributed by atoms with Gasteiger partial charge in [0.05, 0.1) is 28.0 Å². The van der Waals surface area contributed by atoms with Gasteiger partial charge in [0, 0.05) is 10.4 Å². The Kier molecular flexibility index (Phi) is 7.62. The molecule has 0 fully saturated rings. The van der Waals surface area contributed by atoms with Crippen LogP contribution in [-0.2, 0) is 27.1 Å². The van der Waals surface area contributed by atoms with Crippen LogP contribution in [0.1, 0.15) is 57.3 Å². The van der Waals surface area contributed by atoms with Gasteiger partial charge in [0.1, 0.15) is 10.0 Å². The lowest BCUT2D eigenvalue weighted by atomic mass is 10.1. The molecule has 0 saturated carbocycles.